The third-order valence-corrected chi connectivity index (χ3v) is 5.28. The number of nitrogens with one attached hydrogen (secondary N) is 2. The van der Waals surface area contributed by atoms with Gasteiger partial charge in [0.1, 0.15) is 6.33 Å². The summed E-state index contributed by atoms with van der Waals surface area (Å²) in [6.07, 6.45) is 4.40. The zero-order valence-corrected chi connectivity index (χ0v) is 19.1. The number of carbonyl (C=O) groups is 1. The highest BCUT2D eigenvalue weighted by Gasteiger charge is 2.25. The summed E-state index contributed by atoms with van der Waals surface area (Å²) in [4.78, 5) is 28.5. The van der Waals surface area contributed by atoms with E-state index in [0.717, 1.165) is 28.9 Å². The number of hydrogen-bond donors (Lipinski definition) is 4. The van der Waals surface area contributed by atoms with Crippen LogP contribution in [0.1, 0.15) is 44.9 Å². The molecule has 0 saturated heterocycles. The van der Waals surface area contributed by atoms with Gasteiger partial charge in [0.2, 0.25) is 5.95 Å². The van der Waals surface area contributed by atoms with Crippen molar-refractivity contribution in [3.8, 4) is 11.4 Å². The summed E-state index contributed by atoms with van der Waals surface area (Å²) in [6.45, 7) is 6.04. The van der Waals surface area contributed by atoms with Gasteiger partial charge in [0, 0.05) is 29.2 Å². The Morgan fingerprint density at radius 1 is 1.12 bits per heavy atom. The van der Waals surface area contributed by atoms with Gasteiger partial charge in [-0.25, -0.2) is 14.8 Å². The van der Waals surface area contributed by atoms with Crippen LogP contribution in [-0.4, -0.2) is 42.3 Å². The largest absolute Gasteiger partial charge is 0.465 e. The standard InChI is InChI=1S/C24H30N6O3/c1-24(2,3)20(29-23(32)33)9-5-7-18-13-17(10-11-25-18)21-26-15-27-22(30-21)28-19-8-4-6-16(12-19)14-31/h4,6,8,10-13,15,20,29,31H,5,7,9,14H2,1-3H3,(H,32,33)(H,26,27,28,30). The normalized spacial score (nSPS) is 12.2. The summed E-state index contributed by atoms with van der Waals surface area (Å²) in [5.74, 6) is 0.927. The molecule has 2 heterocycles. The lowest BCUT2D eigenvalue weighted by Crippen LogP contribution is -2.43. The Hall–Kier alpha value is -3.59. The number of anilines is 2. The van der Waals surface area contributed by atoms with Gasteiger partial charge in [-0.15, -0.1) is 0 Å². The first-order chi connectivity index (χ1) is 15.7. The molecule has 33 heavy (non-hydrogen) atoms. The number of pyridine rings is 1. The highest BCUT2D eigenvalue weighted by molar-refractivity contribution is 5.65. The van der Waals surface area contributed by atoms with Crippen molar-refractivity contribution in [3.63, 3.8) is 0 Å². The second kappa shape index (κ2) is 10.8. The van der Waals surface area contributed by atoms with E-state index in [4.69, 9.17) is 5.11 Å². The molecule has 2 aromatic heterocycles. The fourth-order valence-electron chi connectivity index (χ4n) is 3.48. The Labute approximate surface area is 193 Å². The van der Waals surface area contributed by atoms with Gasteiger partial charge in [0.25, 0.3) is 0 Å². The third kappa shape index (κ3) is 7.21. The lowest BCUT2D eigenvalue weighted by molar-refractivity contribution is 0.171. The predicted molar refractivity (Wildman–Crippen MR) is 126 cm³/mol. The van der Waals surface area contributed by atoms with Gasteiger partial charge in [-0.05, 0) is 54.5 Å². The van der Waals surface area contributed by atoms with Crippen LogP contribution < -0.4 is 10.6 Å². The molecule has 0 aliphatic carbocycles. The quantitative estimate of drug-likeness (QED) is 0.382. The van der Waals surface area contributed by atoms with Crippen LogP contribution >= 0.6 is 0 Å². The Morgan fingerprint density at radius 2 is 1.94 bits per heavy atom. The first-order valence-electron chi connectivity index (χ1n) is 10.9. The minimum Gasteiger partial charge on any atom is -0.465 e. The van der Waals surface area contributed by atoms with Crippen molar-refractivity contribution in [3.05, 3.63) is 60.2 Å². The van der Waals surface area contributed by atoms with E-state index in [1.54, 1.807) is 6.20 Å². The average molecular weight is 451 g/mol. The van der Waals surface area contributed by atoms with Crippen molar-refractivity contribution < 1.29 is 15.0 Å². The SMILES string of the molecule is CC(C)(C)C(CCCc1cc(-c2ncnc(Nc3cccc(CO)c3)n2)ccn1)NC(=O)O. The number of nitrogens with zero attached hydrogens (tertiary/aromatic N) is 4. The summed E-state index contributed by atoms with van der Waals surface area (Å²) in [5.41, 5.74) is 3.11. The lowest BCUT2D eigenvalue weighted by Gasteiger charge is -2.30. The van der Waals surface area contributed by atoms with Gasteiger partial charge in [-0.2, -0.15) is 4.98 Å². The van der Waals surface area contributed by atoms with Crippen molar-refractivity contribution in [1.82, 2.24) is 25.3 Å². The van der Waals surface area contributed by atoms with E-state index in [-0.39, 0.29) is 18.1 Å². The van der Waals surface area contributed by atoms with Crippen LogP contribution in [0.2, 0.25) is 0 Å². The smallest absolute Gasteiger partial charge is 0.404 e. The van der Waals surface area contributed by atoms with Crippen LogP contribution in [0.4, 0.5) is 16.4 Å². The molecule has 1 atom stereocenters. The fraction of sp³-hybridized carbons (Fsp3) is 0.375. The second-order valence-electron chi connectivity index (χ2n) is 8.91. The molecule has 1 unspecified atom stereocenters. The fourth-order valence-corrected chi connectivity index (χ4v) is 3.48. The minimum atomic E-state index is -1.00. The molecular formula is C24H30N6O3. The maximum atomic E-state index is 11.1. The van der Waals surface area contributed by atoms with Crippen molar-refractivity contribution >= 4 is 17.7 Å². The molecule has 0 aliphatic heterocycles. The molecule has 4 N–H and O–H groups in total. The van der Waals surface area contributed by atoms with E-state index in [1.165, 1.54) is 6.33 Å². The summed E-state index contributed by atoms with van der Waals surface area (Å²) in [6, 6.07) is 11.0. The molecule has 0 fully saturated rings. The summed E-state index contributed by atoms with van der Waals surface area (Å²) >= 11 is 0. The van der Waals surface area contributed by atoms with Crippen molar-refractivity contribution in [2.75, 3.05) is 5.32 Å². The van der Waals surface area contributed by atoms with Crippen molar-refractivity contribution in [1.29, 1.82) is 0 Å². The molecule has 3 rings (SSSR count). The number of aryl methyl sites for hydroxylation is 1. The maximum absolute atomic E-state index is 11.1. The zero-order valence-electron chi connectivity index (χ0n) is 19.1. The van der Waals surface area contributed by atoms with E-state index in [9.17, 15) is 9.90 Å². The predicted octanol–water partition coefficient (Wildman–Crippen LogP) is 4.17. The van der Waals surface area contributed by atoms with Crippen LogP contribution in [0, 0.1) is 5.41 Å². The summed E-state index contributed by atoms with van der Waals surface area (Å²) < 4.78 is 0. The molecule has 0 radical (unpaired) electrons. The molecular weight excluding hydrogens is 420 g/mol. The Bertz CT molecular complexity index is 1080. The number of carboxylic acid groups (broad SMARTS) is 1. The summed E-state index contributed by atoms with van der Waals surface area (Å²) in [5, 5.41) is 24.2. The lowest BCUT2D eigenvalue weighted by atomic mass is 9.83. The Morgan fingerprint density at radius 3 is 2.67 bits per heavy atom. The van der Waals surface area contributed by atoms with Gasteiger partial charge >= 0.3 is 6.09 Å². The third-order valence-electron chi connectivity index (χ3n) is 5.28. The first-order valence-corrected chi connectivity index (χ1v) is 10.9. The number of amides is 1. The zero-order chi connectivity index (χ0) is 23.8. The number of aliphatic hydroxyl groups excluding tert-OH is 1. The molecule has 174 valence electrons. The molecule has 0 bridgehead atoms. The van der Waals surface area contributed by atoms with Gasteiger partial charge in [0.15, 0.2) is 5.82 Å². The number of benzene rings is 1. The second-order valence-corrected chi connectivity index (χ2v) is 8.91. The van der Waals surface area contributed by atoms with Gasteiger partial charge < -0.3 is 20.8 Å². The topological polar surface area (TPSA) is 133 Å². The molecule has 1 aromatic carbocycles. The number of hydrogen-bond acceptors (Lipinski definition) is 7. The van der Waals surface area contributed by atoms with Crippen LogP contribution in [0.5, 0.6) is 0 Å². The van der Waals surface area contributed by atoms with Crippen molar-refractivity contribution in [2.24, 2.45) is 5.41 Å². The molecule has 0 spiro atoms. The van der Waals surface area contributed by atoms with Crippen LogP contribution in [0.15, 0.2) is 48.9 Å². The van der Waals surface area contributed by atoms with E-state index in [1.807, 2.05) is 57.2 Å². The number of aromatic nitrogens is 4. The molecule has 0 aliphatic rings. The maximum Gasteiger partial charge on any atom is 0.404 e. The van der Waals surface area contributed by atoms with Crippen LogP contribution in [0.25, 0.3) is 11.4 Å². The van der Waals surface area contributed by atoms with E-state index in [2.05, 4.69) is 30.6 Å². The molecule has 0 saturated carbocycles. The number of rotatable bonds is 9. The first kappa shape index (κ1) is 24.1. The van der Waals surface area contributed by atoms with Gasteiger partial charge in [-0.3, -0.25) is 4.98 Å². The Kier molecular flexibility index (Phi) is 7.89. The van der Waals surface area contributed by atoms with Crippen molar-refractivity contribution in [2.45, 2.75) is 52.7 Å². The minimum absolute atomic E-state index is 0.0410. The highest BCUT2D eigenvalue weighted by atomic mass is 16.4. The Balaban J connectivity index is 1.68. The number of aliphatic hydroxyl groups is 1. The van der Waals surface area contributed by atoms with Crippen LogP contribution in [-0.2, 0) is 13.0 Å². The molecule has 3 aromatic rings. The highest BCUT2D eigenvalue weighted by Crippen LogP contribution is 2.24. The van der Waals surface area contributed by atoms with Gasteiger partial charge in [-0.1, -0.05) is 32.9 Å². The van der Waals surface area contributed by atoms with E-state index >= 15 is 0 Å². The average Bonchev–Trinajstić information content (AvgIpc) is 2.78. The van der Waals surface area contributed by atoms with E-state index < -0.39 is 6.09 Å². The summed E-state index contributed by atoms with van der Waals surface area (Å²) in [7, 11) is 0. The van der Waals surface area contributed by atoms with Gasteiger partial charge in [0.05, 0.1) is 6.61 Å². The van der Waals surface area contributed by atoms with Crippen LogP contribution in [0.3, 0.4) is 0 Å². The van der Waals surface area contributed by atoms with E-state index in [0.29, 0.717) is 24.6 Å². The molecule has 9 heteroatoms. The monoisotopic (exact) mass is 450 g/mol. The molecule has 1 amide bonds. The molecule has 9 nitrogen and oxygen atoms in total.